The SMILES string of the molecule is CCCc1ccc(C(C)(C)CNC(=O)S)cc1. The molecule has 1 N–H and O–H groups in total. The molecule has 1 rings (SSSR count). The molecule has 0 unspecified atom stereocenters. The fourth-order valence-corrected chi connectivity index (χ4v) is 1.89. The van der Waals surface area contributed by atoms with Gasteiger partial charge >= 0.3 is 0 Å². The molecule has 1 aromatic carbocycles. The number of benzene rings is 1. The highest BCUT2D eigenvalue weighted by atomic mass is 32.1. The van der Waals surface area contributed by atoms with E-state index in [0.29, 0.717) is 6.54 Å². The lowest BCUT2D eigenvalue weighted by Crippen LogP contribution is -2.34. The molecule has 0 fully saturated rings. The van der Waals surface area contributed by atoms with Gasteiger partial charge in [-0.2, -0.15) is 0 Å². The first-order chi connectivity index (χ1) is 7.95. The zero-order valence-electron chi connectivity index (χ0n) is 10.8. The first-order valence-corrected chi connectivity index (χ1v) is 6.46. The molecule has 94 valence electrons. The van der Waals surface area contributed by atoms with Crippen LogP contribution in [0, 0.1) is 0 Å². The van der Waals surface area contributed by atoms with Crippen molar-refractivity contribution in [2.75, 3.05) is 6.54 Å². The lowest BCUT2D eigenvalue weighted by Gasteiger charge is -2.25. The Labute approximate surface area is 109 Å². The van der Waals surface area contributed by atoms with Gasteiger partial charge < -0.3 is 5.32 Å². The van der Waals surface area contributed by atoms with Gasteiger partial charge in [-0.1, -0.05) is 64.1 Å². The van der Waals surface area contributed by atoms with Crippen molar-refractivity contribution in [2.45, 2.75) is 39.0 Å². The molecule has 0 aliphatic heterocycles. The molecule has 0 atom stereocenters. The van der Waals surface area contributed by atoms with Crippen LogP contribution < -0.4 is 5.32 Å². The van der Waals surface area contributed by atoms with Gasteiger partial charge in [-0.25, -0.2) is 0 Å². The second kappa shape index (κ2) is 6.10. The van der Waals surface area contributed by atoms with E-state index in [0.717, 1.165) is 6.42 Å². The van der Waals surface area contributed by atoms with Crippen molar-refractivity contribution in [3.63, 3.8) is 0 Å². The third-order valence-corrected chi connectivity index (χ3v) is 3.11. The van der Waals surface area contributed by atoms with Gasteiger partial charge in [0.1, 0.15) is 0 Å². The predicted molar refractivity (Wildman–Crippen MR) is 75.8 cm³/mol. The molecule has 0 bridgehead atoms. The molecule has 17 heavy (non-hydrogen) atoms. The summed E-state index contributed by atoms with van der Waals surface area (Å²) in [6, 6.07) is 8.64. The van der Waals surface area contributed by atoms with E-state index in [4.69, 9.17) is 0 Å². The molecule has 0 saturated carbocycles. The van der Waals surface area contributed by atoms with Gasteiger partial charge in [0.15, 0.2) is 0 Å². The third kappa shape index (κ3) is 4.43. The number of carbonyl (C=O) groups excluding carboxylic acids is 1. The molecular weight excluding hydrogens is 230 g/mol. The summed E-state index contributed by atoms with van der Waals surface area (Å²) in [7, 11) is 0. The molecule has 1 aromatic rings. The van der Waals surface area contributed by atoms with Crippen LogP contribution in [0.4, 0.5) is 4.79 Å². The van der Waals surface area contributed by atoms with Gasteiger partial charge in [-0.05, 0) is 17.5 Å². The van der Waals surface area contributed by atoms with Crippen LogP contribution in [-0.2, 0) is 11.8 Å². The summed E-state index contributed by atoms with van der Waals surface area (Å²) in [6.07, 6.45) is 2.28. The topological polar surface area (TPSA) is 29.1 Å². The Morgan fingerprint density at radius 2 is 1.88 bits per heavy atom. The van der Waals surface area contributed by atoms with Gasteiger partial charge in [-0.15, -0.1) is 0 Å². The Morgan fingerprint density at radius 1 is 1.29 bits per heavy atom. The van der Waals surface area contributed by atoms with Crippen LogP contribution in [0.2, 0.25) is 0 Å². The molecule has 0 saturated heterocycles. The van der Waals surface area contributed by atoms with Gasteiger partial charge in [-0.3, -0.25) is 4.79 Å². The molecular formula is C14H21NOS. The van der Waals surface area contributed by atoms with Gasteiger partial charge in [0, 0.05) is 12.0 Å². The smallest absolute Gasteiger partial charge is 0.276 e. The lowest BCUT2D eigenvalue weighted by atomic mass is 9.84. The van der Waals surface area contributed by atoms with Crippen LogP contribution >= 0.6 is 12.6 Å². The lowest BCUT2D eigenvalue weighted by molar-refractivity contribution is 0.259. The fraction of sp³-hybridized carbons (Fsp3) is 0.500. The molecule has 0 spiro atoms. The second-order valence-corrected chi connectivity index (χ2v) is 5.40. The van der Waals surface area contributed by atoms with Crippen molar-refractivity contribution in [3.05, 3.63) is 35.4 Å². The summed E-state index contributed by atoms with van der Waals surface area (Å²) in [5, 5.41) is 2.47. The highest BCUT2D eigenvalue weighted by molar-refractivity contribution is 7.96. The normalized spacial score (nSPS) is 11.3. The minimum Gasteiger partial charge on any atom is -0.346 e. The maximum absolute atomic E-state index is 10.8. The first kappa shape index (κ1) is 14.1. The molecule has 0 heterocycles. The van der Waals surface area contributed by atoms with Crippen molar-refractivity contribution in [1.82, 2.24) is 5.32 Å². The van der Waals surface area contributed by atoms with E-state index in [-0.39, 0.29) is 10.7 Å². The maximum Gasteiger partial charge on any atom is 0.276 e. The van der Waals surface area contributed by atoms with Crippen LogP contribution in [0.1, 0.15) is 38.3 Å². The molecule has 2 nitrogen and oxygen atoms in total. The van der Waals surface area contributed by atoms with Crippen molar-refractivity contribution >= 4 is 17.9 Å². The van der Waals surface area contributed by atoms with Crippen LogP contribution in [0.5, 0.6) is 0 Å². The van der Waals surface area contributed by atoms with E-state index < -0.39 is 0 Å². The van der Waals surface area contributed by atoms with E-state index in [1.54, 1.807) is 0 Å². The number of aryl methyl sites for hydroxylation is 1. The number of hydrogen-bond acceptors (Lipinski definition) is 1. The molecule has 1 amide bonds. The Kier molecular flexibility index (Phi) is 5.06. The third-order valence-electron chi connectivity index (χ3n) is 2.96. The van der Waals surface area contributed by atoms with Crippen molar-refractivity contribution < 1.29 is 4.79 Å². The molecule has 0 aliphatic rings. The first-order valence-electron chi connectivity index (χ1n) is 6.02. The zero-order valence-corrected chi connectivity index (χ0v) is 11.7. The molecule has 0 radical (unpaired) electrons. The van der Waals surface area contributed by atoms with Gasteiger partial charge in [0.05, 0.1) is 0 Å². The Hall–Kier alpha value is -0.960. The van der Waals surface area contributed by atoms with Gasteiger partial charge in [0.2, 0.25) is 0 Å². The molecule has 0 aromatic heterocycles. The van der Waals surface area contributed by atoms with Crippen LogP contribution in [-0.4, -0.2) is 11.8 Å². The fourth-order valence-electron chi connectivity index (χ4n) is 1.81. The predicted octanol–water partition coefficient (Wildman–Crippen LogP) is 3.56. The minimum absolute atomic E-state index is 0.0663. The number of hydrogen-bond donors (Lipinski definition) is 2. The number of thiol groups is 1. The van der Waals surface area contributed by atoms with E-state index in [1.165, 1.54) is 17.5 Å². The number of carbonyl (C=O) groups is 1. The zero-order chi connectivity index (χ0) is 12.9. The number of nitrogens with one attached hydrogen (secondary N) is 1. The highest BCUT2D eigenvalue weighted by Gasteiger charge is 2.20. The van der Waals surface area contributed by atoms with E-state index in [9.17, 15) is 4.79 Å². The quantitative estimate of drug-likeness (QED) is 0.770. The second-order valence-electron chi connectivity index (χ2n) is 4.99. The summed E-state index contributed by atoms with van der Waals surface area (Å²) in [5.41, 5.74) is 2.54. The number of amides is 1. The number of rotatable bonds is 5. The average Bonchev–Trinajstić information content (AvgIpc) is 2.28. The van der Waals surface area contributed by atoms with Crippen molar-refractivity contribution in [2.24, 2.45) is 0 Å². The summed E-state index contributed by atoms with van der Waals surface area (Å²) in [5.74, 6) is 0. The largest absolute Gasteiger partial charge is 0.346 e. The average molecular weight is 251 g/mol. The minimum atomic E-state index is -0.277. The van der Waals surface area contributed by atoms with E-state index in [1.807, 2.05) is 0 Å². The Morgan fingerprint density at radius 3 is 2.35 bits per heavy atom. The summed E-state index contributed by atoms with van der Waals surface area (Å²) < 4.78 is 0. The summed E-state index contributed by atoms with van der Waals surface area (Å²) in [6.45, 7) is 7.01. The van der Waals surface area contributed by atoms with E-state index in [2.05, 4.69) is 63.0 Å². The van der Waals surface area contributed by atoms with Crippen LogP contribution in [0.25, 0.3) is 0 Å². The standard InChI is InChI=1S/C14H21NOS/c1-4-5-11-6-8-12(9-7-11)14(2,3)10-15-13(16)17/h6-9H,4-5,10H2,1-3H3,(H2,15,16,17). The monoisotopic (exact) mass is 251 g/mol. The van der Waals surface area contributed by atoms with Crippen molar-refractivity contribution in [1.29, 1.82) is 0 Å². The molecule has 3 heteroatoms. The maximum atomic E-state index is 10.8. The highest BCUT2D eigenvalue weighted by Crippen LogP contribution is 2.23. The van der Waals surface area contributed by atoms with E-state index >= 15 is 0 Å². The van der Waals surface area contributed by atoms with Gasteiger partial charge in [0.25, 0.3) is 5.24 Å². The van der Waals surface area contributed by atoms with Crippen LogP contribution in [0.15, 0.2) is 24.3 Å². The Bertz CT molecular complexity index is 370. The van der Waals surface area contributed by atoms with Crippen molar-refractivity contribution in [3.8, 4) is 0 Å². The van der Waals surface area contributed by atoms with Crippen LogP contribution in [0.3, 0.4) is 0 Å². The Balaban J connectivity index is 2.73. The molecule has 0 aliphatic carbocycles. The summed E-state index contributed by atoms with van der Waals surface area (Å²) >= 11 is 3.72. The summed E-state index contributed by atoms with van der Waals surface area (Å²) in [4.78, 5) is 10.8.